The van der Waals surface area contributed by atoms with Gasteiger partial charge in [0.1, 0.15) is 5.69 Å². The maximum Gasteiger partial charge on any atom is 0.308 e. The van der Waals surface area contributed by atoms with Gasteiger partial charge < -0.3 is 9.15 Å². The van der Waals surface area contributed by atoms with Crippen molar-refractivity contribution >= 4 is 0 Å². The van der Waals surface area contributed by atoms with Gasteiger partial charge in [0.2, 0.25) is 0 Å². The second-order valence-corrected chi connectivity index (χ2v) is 4.25. The van der Waals surface area contributed by atoms with E-state index in [1.807, 2.05) is 0 Å². The first-order chi connectivity index (χ1) is 7.17. The fourth-order valence-electron chi connectivity index (χ4n) is 1.49. The smallest absolute Gasteiger partial charge is 0.308 e. The van der Waals surface area contributed by atoms with Crippen LogP contribution in [0.15, 0.2) is 4.42 Å². The maximum atomic E-state index is 5.53. The lowest BCUT2D eigenvalue weighted by atomic mass is 10.1. The van der Waals surface area contributed by atoms with E-state index in [1.165, 1.54) is 0 Å². The summed E-state index contributed by atoms with van der Waals surface area (Å²) >= 11 is 0. The van der Waals surface area contributed by atoms with Crippen molar-refractivity contribution in [2.75, 3.05) is 7.11 Å². The summed E-state index contributed by atoms with van der Waals surface area (Å²) in [6.07, 6.45) is 4.10. The Balaban J connectivity index is 2.71. The van der Waals surface area contributed by atoms with Crippen molar-refractivity contribution in [3.05, 3.63) is 11.6 Å². The van der Waals surface area contributed by atoms with Crippen molar-refractivity contribution in [3.8, 4) is 5.95 Å². The Kier molecular flexibility index (Phi) is 4.66. The van der Waals surface area contributed by atoms with Gasteiger partial charge in [0.05, 0.1) is 7.11 Å². The molecular formula is C12H21NO2. The number of unbranched alkanes of at least 4 members (excludes halogenated alkanes) is 1. The largest absolute Gasteiger partial charge is 0.467 e. The molecule has 0 aliphatic heterocycles. The molecule has 0 aromatic carbocycles. The van der Waals surface area contributed by atoms with Crippen LogP contribution in [0.2, 0.25) is 0 Å². The van der Waals surface area contributed by atoms with E-state index in [2.05, 4.69) is 25.8 Å². The molecule has 0 fully saturated rings. The van der Waals surface area contributed by atoms with Crippen LogP contribution in [-0.4, -0.2) is 12.1 Å². The van der Waals surface area contributed by atoms with Gasteiger partial charge in [0.15, 0.2) is 5.89 Å². The van der Waals surface area contributed by atoms with E-state index < -0.39 is 0 Å². The molecule has 15 heavy (non-hydrogen) atoms. The first-order valence-corrected chi connectivity index (χ1v) is 5.69. The van der Waals surface area contributed by atoms with Gasteiger partial charge in [-0.15, -0.1) is 0 Å². The molecule has 0 spiro atoms. The number of aryl methyl sites for hydroxylation is 1. The van der Waals surface area contributed by atoms with E-state index in [-0.39, 0.29) is 0 Å². The van der Waals surface area contributed by atoms with Crippen LogP contribution in [0.5, 0.6) is 5.95 Å². The quantitative estimate of drug-likeness (QED) is 0.724. The zero-order valence-corrected chi connectivity index (χ0v) is 10.2. The van der Waals surface area contributed by atoms with Crippen LogP contribution in [0.4, 0.5) is 0 Å². The molecule has 3 heteroatoms. The van der Waals surface area contributed by atoms with Gasteiger partial charge in [-0.25, -0.2) is 4.98 Å². The third-order valence-electron chi connectivity index (χ3n) is 2.24. The van der Waals surface area contributed by atoms with Crippen LogP contribution in [-0.2, 0) is 12.8 Å². The summed E-state index contributed by atoms with van der Waals surface area (Å²) in [7, 11) is 1.63. The number of nitrogens with zero attached hydrogens (tertiary/aromatic N) is 1. The average Bonchev–Trinajstić information content (AvgIpc) is 2.56. The zero-order valence-electron chi connectivity index (χ0n) is 10.2. The van der Waals surface area contributed by atoms with Crippen molar-refractivity contribution in [3.63, 3.8) is 0 Å². The van der Waals surface area contributed by atoms with E-state index >= 15 is 0 Å². The molecule has 0 radical (unpaired) electrons. The van der Waals surface area contributed by atoms with Crippen LogP contribution < -0.4 is 4.74 Å². The van der Waals surface area contributed by atoms with E-state index in [9.17, 15) is 0 Å². The monoisotopic (exact) mass is 211 g/mol. The highest BCUT2D eigenvalue weighted by Crippen LogP contribution is 2.23. The summed E-state index contributed by atoms with van der Waals surface area (Å²) in [4.78, 5) is 4.47. The van der Waals surface area contributed by atoms with Crippen LogP contribution in [0.25, 0.3) is 0 Å². The molecule has 0 unspecified atom stereocenters. The summed E-state index contributed by atoms with van der Waals surface area (Å²) in [5.74, 6) is 1.97. The molecule has 0 atom stereocenters. The molecular weight excluding hydrogens is 190 g/mol. The number of rotatable bonds is 6. The van der Waals surface area contributed by atoms with Gasteiger partial charge in [-0.3, -0.25) is 0 Å². The standard InChI is InChI=1S/C12H21NO2/c1-5-6-7-11-13-10(8-9(2)3)12(14-4)15-11/h9H,5-8H2,1-4H3. The molecule has 1 rings (SSSR count). The third-order valence-corrected chi connectivity index (χ3v) is 2.24. The Morgan fingerprint density at radius 2 is 2.13 bits per heavy atom. The van der Waals surface area contributed by atoms with Crippen molar-refractivity contribution in [1.82, 2.24) is 4.98 Å². The minimum atomic E-state index is 0.572. The number of aromatic nitrogens is 1. The fourth-order valence-corrected chi connectivity index (χ4v) is 1.49. The molecule has 0 saturated carbocycles. The Morgan fingerprint density at radius 3 is 2.67 bits per heavy atom. The van der Waals surface area contributed by atoms with E-state index in [4.69, 9.17) is 9.15 Å². The van der Waals surface area contributed by atoms with Crippen molar-refractivity contribution in [2.45, 2.75) is 46.5 Å². The molecule has 0 bridgehead atoms. The molecule has 0 aliphatic carbocycles. The Bertz CT molecular complexity index is 292. The molecule has 0 aliphatic rings. The SMILES string of the molecule is CCCCc1nc(CC(C)C)c(OC)o1. The lowest BCUT2D eigenvalue weighted by Gasteiger charge is -2.01. The minimum Gasteiger partial charge on any atom is -0.467 e. The first-order valence-electron chi connectivity index (χ1n) is 5.69. The van der Waals surface area contributed by atoms with Gasteiger partial charge in [-0.05, 0) is 18.8 Å². The van der Waals surface area contributed by atoms with Gasteiger partial charge >= 0.3 is 5.95 Å². The number of hydrogen-bond donors (Lipinski definition) is 0. The van der Waals surface area contributed by atoms with Crippen LogP contribution in [0, 0.1) is 5.92 Å². The highest BCUT2D eigenvalue weighted by Gasteiger charge is 2.14. The van der Waals surface area contributed by atoms with E-state index in [0.29, 0.717) is 11.9 Å². The van der Waals surface area contributed by atoms with Crippen LogP contribution in [0.1, 0.15) is 45.2 Å². The highest BCUT2D eigenvalue weighted by molar-refractivity contribution is 5.16. The fraction of sp³-hybridized carbons (Fsp3) is 0.750. The number of methoxy groups -OCH3 is 1. The van der Waals surface area contributed by atoms with Crippen molar-refractivity contribution in [1.29, 1.82) is 0 Å². The Hall–Kier alpha value is -0.990. The molecule has 1 heterocycles. The van der Waals surface area contributed by atoms with Gasteiger partial charge in [0, 0.05) is 6.42 Å². The van der Waals surface area contributed by atoms with Crippen LogP contribution >= 0.6 is 0 Å². The maximum absolute atomic E-state index is 5.53. The van der Waals surface area contributed by atoms with Crippen LogP contribution in [0.3, 0.4) is 0 Å². The molecule has 1 aromatic rings. The summed E-state index contributed by atoms with van der Waals surface area (Å²) in [6, 6.07) is 0. The molecule has 0 saturated heterocycles. The number of hydrogen-bond acceptors (Lipinski definition) is 3. The second kappa shape index (κ2) is 5.79. The summed E-state index contributed by atoms with van der Waals surface area (Å²) in [5, 5.41) is 0. The lowest BCUT2D eigenvalue weighted by Crippen LogP contribution is -1.97. The van der Waals surface area contributed by atoms with Gasteiger partial charge in [-0.2, -0.15) is 0 Å². The van der Waals surface area contributed by atoms with Gasteiger partial charge in [0.25, 0.3) is 0 Å². The van der Waals surface area contributed by atoms with Crippen molar-refractivity contribution < 1.29 is 9.15 Å². The molecule has 0 N–H and O–H groups in total. The van der Waals surface area contributed by atoms with Crippen molar-refractivity contribution in [2.24, 2.45) is 5.92 Å². The van der Waals surface area contributed by atoms with E-state index in [0.717, 1.165) is 37.3 Å². The summed E-state index contributed by atoms with van der Waals surface area (Å²) < 4.78 is 10.7. The third kappa shape index (κ3) is 3.57. The number of oxazole rings is 1. The predicted molar refractivity (Wildman–Crippen MR) is 60.2 cm³/mol. The summed E-state index contributed by atoms with van der Waals surface area (Å²) in [5.41, 5.74) is 0.957. The Morgan fingerprint density at radius 1 is 1.40 bits per heavy atom. The highest BCUT2D eigenvalue weighted by atomic mass is 16.6. The predicted octanol–water partition coefficient (Wildman–Crippen LogP) is 3.22. The van der Waals surface area contributed by atoms with E-state index in [1.54, 1.807) is 7.11 Å². The Labute approximate surface area is 91.8 Å². The first kappa shape index (κ1) is 12.1. The lowest BCUT2D eigenvalue weighted by molar-refractivity contribution is 0.288. The van der Waals surface area contributed by atoms with Gasteiger partial charge in [-0.1, -0.05) is 27.2 Å². The number of ether oxygens (including phenoxy) is 1. The summed E-state index contributed by atoms with van der Waals surface area (Å²) in [6.45, 7) is 6.49. The molecule has 0 amide bonds. The zero-order chi connectivity index (χ0) is 11.3. The average molecular weight is 211 g/mol. The minimum absolute atomic E-state index is 0.572. The molecule has 1 aromatic heterocycles. The second-order valence-electron chi connectivity index (χ2n) is 4.25. The normalized spacial score (nSPS) is 11.0. The topological polar surface area (TPSA) is 35.3 Å². The molecule has 3 nitrogen and oxygen atoms in total. The molecule has 86 valence electrons.